The fourth-order valence-electron chi connectivity index (χ4n) is 7.94. The van der Waals surface area contributed by atoms with Crippen LogP contribution in [0.5, 0.6) is 0 Å². The number of benzene rings is 2. The molecule has 3 aromatic carbocycles. The van der Waals surface area contributed by atoms with Gasteiger partial charge < -0.3 is 24.8 Å². The molecule has 7 rings (SSSR count). The molecule has 4 aliphatic rings. The molecule has 0 heterocycles. The molecule has 4 aliphatic carbocycles. The number of fused-ring (bicyclic) bond motifs is 5. The first-order valence-corrected chi connectivity index (χ1v) is 18.3. The van der Waals surface area contributed by atoms with Gasteiger partial charge in [0, 0.05) is 10.8 Å². The molecule has 1 saturated carbocycles. The fourth-order valence-corrected chi connectivity index (χ4v) is 8.81. The van der Waals surface area contributed by atoms with Gasteiger partial charge in [-0.3, -0.25) is 6.08 Å². The van der Waals surface area contributed by atoms with Gasteiger partial charge in [0.15, 0.2) is 0 Å². The molecule has 0 nitrogen and oxygen atoms in total. The molecule has 1 atom stereocenters. The Labute approximate surface area is 307 Å². The minimum atomic E-state index is 0. The third kappa shape index (κ3) is 7.90. The summed E-state index contributed by atoms with van der Waals surface area (Å²) in [6.45, 7) is 25.0. The molecule has 0 radical (unpaired) electrons. The van der Waals surface area contributed by atoms with Crippen LogP contribution in [0.1, 0.15) is 137 Å². The second kappa shape index (κ2) is 14.6. The van der Waals surface area contributed by atoms with Crippen LogP contribution in [0.2, 0.25) is 0 Å². The molecule has 0 saturated heterocycles. The van der Waals surface area contributed by atoms with Crippen molar-refractivity contribution in [2.45, 2.75) is 126 Å². The second-order valence-electron chi connectivity index (χ2n) is 16.0. The van der Waals surface area contributed by atoms with Crippen LogP contribution in [0.4, 0.5) is 0 Å². The van der Waals surface area contributed by atoms with Gasteiger partial charge in [-0.2, -0.15) is 11.6 Å². The Morgan fingerprint density at radius 1 is 0.804 bits per heavy atom. The summed E-state index contributed by atoms with van der Waals surface area (Å²) >= 11 is 1.69. The van der Waals surface area contributed by atoms with E-state index in [2.05, 4.69) is 131 Å². The van der Waals surface area contributed by atoms with Gasteiger partial charge in [-0.25, -0.2) is 5.57 Å². The average Bonchev–Trinajstić information content (AvgIpc) is 3.63. The molecule has 0 N–H and O–H groups in total. The zero-order valence-corrected chi connectivity index (χ0v) is 34.2. The Bertz CT molecular complexity index is 1640. The van der Waals surface area contributed by atoms with Crippen molar-refractivity contribution < 1.29 is 49.0 Å². The summed E-state index contributed by atoms with van der Waals surface area (Å²) in [7, 11) is 0. The van der Waals surface area contributed by atoms with Crippen LogP contribution in [0.25, 0.3) is 32.7 Å². The van der Waals surface area contributed by atoms with E-state index in [1.807, 2.05) is 0 Å². The van der Waals surface area contributed by atoms with Crippen molar-refractivity contribution >= 4 is 35.9 Å². The van der Waals surface area contributed by atoms with Crippen molar-refractivity contribution in [1.29, 1.82) is 0 Å². The van der Waals surface area contributed by atoms with Gasteiger partial charge in [-0.05, 0) is 36.1 Å². The van der Waals surface area contributed by atoms with E-state index in [0.29, 0.717) is 11.3 Å². The first-order valence-electron chi connectivity index (χ1n) is 17.0. The Morgan fingerprint density at radius 2 is 1.26 bits per heavy atom. The molecule has 1 unspecified atom stereocenters. The minimum absolute atomic E-state index is 0. The van der Waals surface area contributed by atoms with Crippen molar-refractivity contribution in [1.82, 2.24) is 0 Å². The van der Waals surface area contributed by atoms with Crippen LogP contribution in [-0.4, -0.2) is 3.21 Å². The molecule has 0 aromatic heterocycles. The van der Waals surface area contributed by atoms with E-state index in [9.17, 15) is 0 Å². The number of allylic oxidation sites excluding steroid dienone is 8. The molecule has 0 spiro atoms. The van der Waals surface area contributed by atoms with Crippen LogP contribution in [0.15, 0.2) is 59.7 Å². The quantitative estimate of drug-likeness (QED) is 0.250. The Hall–Kier alpha value is -1.40. The number of rotatable bonds is 1. The molecule has 0 bridgehead atoms. The first kappa shape index (κ1) is 39.0. The molecule has 0 aliphatic heterocycles. The summed E-state index contributed by atoms with van der Waals surface area (Å²) in [6, 6.07) is 12.1. The molecule has 46 heavy (non-hydrogen) atoms. The van der Waals surface area contributed by atoms with Crippen LogP contribution in [0.3, 0.4) is 0 Å². The van der Waals surface area contributed by atoms with E-state index in [-0.39, 0.29) is 35.6 Å². The van der Waals surface area contributed by atoms with Gasteiger partial charge in [0.05, 0.1) is 0 Å². The van der Waals surface area contributed by atoms with Gasteiger partial charge >= 0.3 is 59.5 Å². The number of hydrogen-bond donors (Lipinski definition) is 0. The normalized spacial score (nSPS) is 20.5. The van der Waals surface area contributed by atoms with Crippen molar-refractivity contribution in [3.63, 3.8) is 0 Å². The van der Waals surface area contributed by atoms with Gasteiger partial charge in [-0.1, -0.05) is 115 Å². The molecule has 1 fully saturated rings. The molecule has 0 amide bonds. The summed E-state index contributed by atoms with van der Waals surface area (Å²) in [5, 5.41) is 5.57. The van der Waals surface area contributed by atoms with E-state index in [1.54, 1.807) is 27.4 Å². The molecular weight excluding hydrogens is 679 g/mol. The zero-order valence-electron chi connectivity index (χ0n) is 30.2. The topological polar surface area (TPSA) is 0 Å². The van der Waals surface area contributed by atoms with Crippen LogP contribution < -0.4 is 24.8 Å². The van der Waals surface area contributed by atoms with Gasteiger partial charge in [0.25, 0.3) is 0 Å². The predicted octanol–water partition coefficient (Wildman–Crippen LogP) is 6.53. The van der Waals surface area contributed by atoms with Gasteiger partial charge in [0.2, 0.25) is 0 Å². The van der Waals surface area contributed by atoms with E-state index < -0.39 is 0 Å². The van der Waals surface area contributed by atoms with E-state index >= 15 is 0 Å². The zero-order chi connectivity index (χ0) is 32.2. The SMILES string of the molecule is CC1=CC(C)(C)c2cc3[cH-]c4cc5c(cc4c3cc21)C(C)=CC5(C)C.CCC1=[C-]C(C)C=C1C(C)(C)C.[Cl-].[Cl-].[Zr+2]=[C]1CCCCC1. The number of hydrogen-bond acceptors (Lipinski definition) is 0. The maximum absolute atomic E-state index is 3.48. The van der Waals surface area contributed by atoms with Gasteiger partial charge in [-0.15, -0.1) is 39.7 Å². The molecule has 3 heteroatoms. The molecule has 246 valence electrons. The second-order valence-corrected chi connectivity index (χ2v) is 17.7. The van der Waals surface area contributed by atoms with Crippen LogP contribution in [-0.2, 0) is 35.1 Å². The van der Waals surface area contributed by atoms with Crippen LogP contribution in [0, 0.1) is 17.4 Å². The average molecular weight is 733 g/mol. The standard InChI is InChI=1S/C25H25.C12H19.C6H10.2ClH.Zr/c1-14-12-24(3,4)22-8-16-7-17-9-23-19(15(2)13-25(23,5)6)11-21(17)20(16)10-18(14)22;1-6-10-7-9(2)8-11(10)12(3,4)5;1-2-4-6-5-3-1;;;/h7-13H,1-6H3;8-9H,6H2,1-5H3;1-5H2;2*1H;/q2*-1;;;;+2/p-2. The Balaban J connectivity index is 0.000000230. The van der Waals surface area contributed by atoms with Crippen molar-refractivity contribution in [3.8, 4) is 0 Å². The third-order valence-corrected chi connectivity index (χ3v) is 11.4. The van der Waals surface area contributed by atoms with Crippen LogP contribution >= 0.6 is 0 Å². The predicted molar refractivity (Wildman–Crippen MR) is 192 cm³/mol. The van der Waals surface area contributed by atoms with Crippen molar-refractivity contribution in [3.05, 3.63) is 88.0 Å². The molecular formula is C43H54Cl2Zr-2. The third-order valence-electron chi connectivity index (χ3n) is 10.1. The van der Waals surface area contributed by atoms with Crippen molar-refractivity contribution in [2.75, 3.05) is 0 Å². The fraction of sp³-hybridized carbons (Fsp3) is 0.488. The number of halogens is 2. The summed E-state index contributed by atoms with van der Waals surface area (Å²) in [5.74, 6) is 0.522. The first-order chi connectivity index (χ1) is 20.5. The van der Waals surface area contributed by atoms with Crippen molar-refractivity contribution in [2.24, 2.45) is 11.3 Å². The van der Waals surface area contributed by atoms with Gasteiger partial charge in [0.1, 0.15) is 0 Å². The summed E-state index contributed by atoms with van der Waals surface area (Å²) in [5.41, 5.74) is 12.1. The van der Waals surface area contributed by atoms with E-state index in [0.717, 1.165) is 6.42 Å². The monoisotopic (exact) mass is 730 g/mol. The van der Waals surface area contributed by atoms with E-state index in [1.165, 1.54) is 98.2 Å². The maximum atomic E-state index is 3.48. The Kier molecular flexibility index (Phi) is 12.4. The Morgan fingerprint density at radius 3 is 1.61 bits per heavy atom. The van der Waals surface area contributed by atoms with E-state index in [4.69, 9.17) is 0 Å². The summed E-state index contributed by atoms with van der Waals surface area (Å²) in [6.07, 6.45) is 19.1. The summed E-state index contributed by atoms with van der Waals surface area (Å²) < 4.78 is 1.80. The summed E-state index contributed by atoms with van der Waals surface area (Å²) in [4.78, 5) is 0. The molecule has 3 aromatic rings.